The summed E-state index contributed by atoms with van der Waals surface area (Å²) in [6.07, 6.45) is -5.43. The highest BCUT2D eigenvalue weighted by atomic mass is 19.4. The van der Waals surface area contributed by atoms with Crippen molar-refractivity contribution in [3.8, 4) is 11.5 Å². The summed E-state index contributed by atoms with van der Waals surface area (Å²) in [5.41, 5.74) is -1.43. The molecule has 1 N–H and O–H groups in total. The summed E-state index contributed by atoms with van der Waals surface area (Å²) in [4.78, 5) is 8.71. The van der Waals surface area contributed by atoms with Gasteiger partial charge in [-0.1, -0.05) is 0 Å². The highest BCUT2D eigenvalue weighted by Gasteiger charge is 2.57. The number of rotatable bonds is 9. The lowest BCUT2D eigenvalue weighted by Gasteiger charge is -2.46. The van der Waals surface area contributed by atoms with Crippen LogP contribution in [-0.4, -0.2) is 43.3 Å². The summed E-state index contributed by atoms with van der Waals surface area (Å²) in [5.74, 6) is -2.58. The molecule has 3 aromatic rings. The summed E-state index contributed by atoms with van der Waals surface area (Å²) >= 11 is 0. The highest BCUT2D eigenvalue weighted by molar-refractivity contribution is 5.91. The molecular formula is C25H25F6N3O3. The maximum absolute atomic E-state index is 13.8. The fourth-order valence-electron chi connectivity index (χ4n) is 4.59. The van der Waals surface area contributed by atoms with E-state index in [4.69, 9.17) is 14.2 Å². The van der Waals surface area contributed by atoms with Gasteiger partial charge in [-0.25, -0.2) is 23.1 Å². The van der Waals surface area contributed by atoms with Gasteiger partial charge < -0.3 is 19.5 Å². The molecule has 6 nitrogen and oxygen atoms in total. The maximum Gasteiger partial charge on any atom is 0.416 e. The number of anilines is 1. The van der Waals surface area contributed by atoms with Gasteiger partial charge in [0, 0.05) is 43.4 Å². The molecule has 1 aliphatic carbocycles. The summed E-state index contributed by atoms with van der Waals surface area (Å²) < 4.78 is 96.7. The first-order chi connectivity index (χ1) is 17.3. The molecule has 1 aliphatic rings. The van der Waals surface area contributed by atoms with Crippen molar-refractivity contribution in [2.24, 2.45) is 5.41 Å². The van der Waals surface area contributed by atoms with Crippen molar-refractivity contribution in [1.82, 2.24) is 9.97 Å². The summed E-state index contributed by atoms with van der Waals surface area (Å²) in [6.45, 7) is 1.54. The van der Waals surface area contributed by atoms with Crippen molar-refractivity contribution >= 4 is 16.7 Å². The third kappa shape index (κ3) is 6.00. The Bertz CT molecular complexity index is 1290. The number of aryl methyl sites for hydroxylation is 1. The molecule has 0 atom stereocenters. The molecule has 0 amide bonds. The van der Waals surface area contributed by atoms with E-state index in [2.05, 4.69) is 15.3 Å². The zero-order chi connectivity index (χ0) is 27.0. The number of nitrogens with zero attached hydrogens (tertiary/aromatic N) is 2. The summed E-state index contributed by atoms with van der Waals surface area (Å²) in [7, 11) is 2.86. The minimum atomic E-state index is -4.69. The lowest BCUT2D eigenvalue weighted by Crippen LogP contribution is -2.52. The Morgan fingerprint density at radius 2 is 1.70 bits per heavy atom. The molecule has 0 saturated heterocycles. The summed E-state index contributed by atoms with van der Waals surface area (Å²) in [5, 5.41) is 3.39. The second-order valence-corrected chi connectivity index (χ2v) is 9.27. The zero-order valence-electron chi connectivity index (χ0n) is 20.3. The van der Waals surface area contributed by atoms with Gasteiger partial charge in [0.1, 0.15) is 17.5 Å². The second kappa shape index (κ2) is 9.88. The molecule has 2 aromatic carbocycles. The first-order valence-corrected chi connectivity index (χ1v) is 11.3. The van der Waals surface area contributed by atoms with E-state index < -0.39 is 28.9 Å². The Morgan fingerprint density at radius 1 is 0.973 bits per heavy atom. The maximum atomic E-state index is 13.8. The molecule has 1 aromatic heterocycles. The number of hydrogen-bond acceptors (Lipinski definition) is 6. The number of fused-ring (bicyclic) bond motifs is 1. The van der Waals surface area contributed by atoms with E-state index in [1.165, 1.54) is 14.2 Å². The van der Waals surface area contributed by atoms with Crippen molar-refractivity contribution in [3.63, 3.8) is 0 Å². The van der Waals surface area contributed by atoms with Crippen molar-refractivity contribution in [1.29, 1.82) is 0 Å². The van der Waals surface area contributed by atoms with Gasteiger partial charge in [0.25, 0.3) is 0 Å². The molecular weight excluding hydrogens is 504 g/mol. The fourth-order valence-corrected chi connectivity index (χ4v) is 4.59. The van der Waals surface area contributed by atoms with Gasteiger partial charge in [0.05, 0.1) is 31.4 Å². The van der Waals surface area contributed by atoms with Crippen LogP contribution in [0, 0.1) is 18.2 Å². The number of alkyl halides is 5. The van der Waals surface area contributed by atoms with Gasteiger partial charge in [0.2, 0.25) is 5.92 Å². The van der Waals surface area contributed by atoms with Crippen molar-refractivity contribution < 1.29 is 40.6 Å². The quantitative estimate of drug-likeness (QED) is 0.335. The van der Waals surface area contributed by atoms with Crippen LogP contribution < -0.4 is 14.8 Å². The number of nitrogens with one attached hydrogen (secondary N) is 1. The average Bonchev–Trinajstić information content (AvgIpc) is 2.78. The Balaban J connectivity index is 1.62. The highest BCUT2D eigenvalue weighted by Crippen LogP contribution is 2.52. The van der Waals surface area contributed by atoms with E-state index in [0.717, 1.165) is 12.1 Å². The van der Waals surface area contributed by atoms with Gasteiger partial charge in [-0.05, 0) is 36.8 Å². The number of benzene rings is 2. The molecule has 200 valence electrons. The normalized spacial score (nSPS) is 16.4. The Hall–Kier alpha value is -3.28. The van der Waals surface area contributed by atoms with Gasteiger partial charge in [-0.3, -0.25) is 0 Å². The van der Waals surface area contributed by atoms with Gasteiger partial charge in [-0.15, -0.1) is 0 Å². The molecule has 0 radical (unpaired) electrons. The number of ether oxygens (including phenoxy) is 3. The van der Waals surface area contributed by atoms with E-state index in [-0.39, 0.29) is 49.7 Å². The fraction of sp³-hybridized carbons (Fsp3) is 0.440. The van der Waals surface area contributed by atoms with Crippen LogP contribution in [0.3, 0.4) is 0 Å². The van der Waals surface area contributed by atoms with Crippen molar-refractivity contribution in [2.45, 2.75) is 38.4 Å². The molecule has 4 rings (SSSR count). The zero-order valence-corrected chi connectivity index (χ0v) is 20.3. The topological polar surface area (TPSA) is 65.5 Å². The molecule has 37 heavy (non-hydrogen) atoms. The van der Waals surface area contributed by atoms with Crippen LogP contribution >= 0.6 is 0 Å². The van der Waals surface area contributed by atoms with E-state index in [1.807, 2.05) is 0 Å². The molecule has 0 unspecified atom stereocenters. The lowest BCUT2D eigenvalue weighted by molar-refractivity contribution is -0.190. The third-order valence-corrected chi connectivity index (χ3v) is 6.09. The Kier molecular flexibility index (Phi) is 7.15. The monoisotopic (exact) mass is 529 g/mol. The van der Waals surface area contributed by atoms with Crippen LogP contribution in [0.5, 0.6) is 11.5 Å². The number of methoxy groups -OCH3 is 2. The standard InChI is InChI=1S/C25H25F6N3O3/c1-14-33-19-8-20(36-3)21(37-13-23(12-35-2)10-24(27,28)11-23)7-18(19)22(34-14)32-9-15-4-16(25(29,30)31)6-17(26)5-15/h4-8H,9-13H2,1-3H3,(H,32,33,34). The first kappa shape index (κ1) is 26.8. The SMILES string of the molecule is COCC1(COc2cc3c(NCc4cc(F)cc(C(F)(F)F)c4)nc(C)nc3cc2OC)CC(F)(F)C1. The van der Waals surface area contributed by atoms with Crippen LogP contribution in [0.2, 0.25) is 0 Å². The molecule has 0 aliphatic heterocycles. The molecule has 0 bridgehead atoms. The largest absolute Gasteiger partial charge is 0.493 e. The number of hydrogen-bond donors (Lipinski definition) is 1. The Morgan fingerprint density at radius 3 is 2.32 bits per heavy atom. The second-order valence-electron chi connectivity index (χ2n) is 9.27. The van der Waals surface area contributed by atoms with Crippen molar-refractivity contribution in [3.05, 3.63) is 53.1 Å². The van der Waals surface area contributed by atoms with Gasteiger partial charge in [0.15, 0.2) is 11.5 Å². The number of aromatic nitrogens is 2. The van der Waals surface area contributed by atoms with E-state index in [9.17, 15) is 26.3 Å². The predicted octanol–water partition coefficient (Wildman–Crippen LogP) is 6.16. The molecule has 1 heterocycles. The smallest absolute Gasteiger partial charge is 0.416 e. The predicted molar refractivity (Wildman–Crippen MR) is 124 cm³/mol. The van der Waals surface area contributed by atoms with E-state index in [1.54, 1.807) is 19.1 Å². The summed E-state index contributed by atoms with van der Waals surface area (Å²) in [6, 6.07) is 5.44. The van der Waals surface area contributed by atoms with Gasteiger partial charge >= 0.3 is 6.18 Å². The van der Waals surface area contributed by atoms with Crippen LogP contribution in [0.1, 0.15) is 29.8 Å². The molecule has 1 fully saturated rings. The number of halogens is 6. The van der Waals surface area contributed by atoms with Crippen LogP contribution in [-0.2, 0) is 17.5 Å². The third-order valence-electron chi connectivity index (χ3n) is 6.09. The van der Waals surface area contributed by atoms with Crippen molar-refractivity contribution in [2.75, 3.05) is 32.8 Å². The Labute approximate surface area is 209 Å². The molecule has 1 saturated carbocycles. The van der Waals surface area contributed by atoms with Crippen LogP contribution in [0.4, 0.5) is 32.2 Å². The molecule has 12 heteroatoms. The minimum absolute atomic E-state index is 0.0444. The van der Waals surface area contributed by atoms with Crippen LogP contribution in [0.25, 0.3) is 10.9 Å². The lowest BCUT2D eigenvalue weighted by atomic mass is 9.67. The minimum Gasteiger partial charge on any atom is -0.493 e. The van der Waals surface area contributed by atoms with Crippen LogP contribution in [0.15, 0.2) is 30.3 Å². The molecule has 0 spiro atoms. The average molecular weight is 529 g/mol. The van der Waals surface area contributed by atoms with Gasteiger partial charge in [-0.2, -0.15) is 13.2 Å². The first-order valence-electron chi connectivity index (χ1n) is 11.3. The van der Waals surface area contributed by atoms with E-state index >= 15 is 0 Å². The van der Waals surface area contributed by atoms with E-state index in [0.29, 0.717) is 28.5 Å².